The summed E-state index contributed by atoms with van der Waals surface area (Å²) in [6, 6.07) is 2.54. The van der Waals surface area contributed by atoms with E-state index in [0.29, 0.717) is 18.8 Å². The fourth-order valence-electron chi connectivity index (χ4n) is 1.34. The zero-order chi connectivity index (χ0) is 13.5. The van der Waals surface area contributed by atoms with Crippen molar-refractivity contribution in [2.45, 2.75) is 20.3 Å². The number of halogens is 1. The summed E-state index contributed by atoms with van der Waals surface area (Å²) in [5.41, 5.74) is 6.27. The van der Waals surface area contributed by atoms with Gasteiger partial charge in [-0.1, -0.05) is 6.92 Å². The van der Waals surface area contributed by atoms with Crippen LogP contribution in [0.2, 0.25) is 0 Å². The predicted octanol–water partition coefficient (Wildman–Crippen LogP) is 2.30. The van der Waals surface area contributed by atoms with Crippen molar-refractivity contribution in [3.05, 3.63) is 29.1 Å². The number of carbonyl (C=O) groups excluding carboxylic acids is 1. The van der Waals surface area contributed by atoms with Crippen LogP contribution in [0.15, 0.2) is 12.1 Å². The molecule has 0 bridgehead atoms. The van der Waals surface area contributed by atoms with E-state index < -0.39 is 11.8 Å². The van der Waals surface area contributed by atoms with Gasteiger partial charge in [0.05, 0.1) is 12.2 Å². The van der Waals surface area contributed by atoms with Gasteiger partial charge in [-0.3, -0.25) is 0 Å². The van der Waals surface area contributed by atoms with Gasteiger partial charge in [0, 0.05) is 17.9 Å². The van der Waals surface area contributed by atoms with Crippen LogP contribution >= 0.6 is 0 Å². The summed E-state index contributed by atoms with van der Waals surface area (Å²) >= 11 is 0. The number of ether oxygens (including phenoxy) is 2. The summed E-state index contributed by atoms with van der Waals surface area (Å²) < 4.78 is 23.5. The Balaban J connectivity index is 2.52. The van der Waals surface area contributed by atoms with Gasteiger partial charge in [-0.05, 0) is 25.5 Å². The van der Waals surface area contributed by atoms with Crippen molar-refractivity contribution in [2.24, 2.45) is 0 Å². The lowest BCUT2D eigenvalue weighted by Gasteiger charge is -2.08. The molecule has 5 heteroatoms. The quantitative estimate of drug-likeness (QED) is 0.481. The minimum absolute atomic E-state index is 0.117. The molecular formula is C13H18FNO3. The molecular weight excluding hydrogens is 237 g/mol. The van der Waals surface area contributed by atoms with Gasteiger partial charge in [0.25, 0.3) is 0 Å². The Morgan fingerprint density at radius 1 is 1.33 bits per heavy atom. The first-order valence-electron chi connectivity index (χ1n) is 5.86. The van der Waals surface area contributed by atoms with Crippen molar-refractivity contribution in [1.82, 2.24) is 0 Å². The number of benzene rings is 1. The minimum Gasteiger partial charge on any atom is -0.460 e. The highest BCUT2D eigenvalue weighted by Gasteiger charge is 2.12. The molecule has 4 nitrogen and oxygen atoms in total. The molecule has 2 N–H and O–H groups in total. The fourth-order valence-corrected chi connectivity index (χ4v) is 1.34. The second-order valence-electron chi connectivity index (χ2n) is 3.92. The van der Waals surface area contributed by atoms with Gasteiger partial charge in [-0.15, -0.1) is 0 Å². The van der Waals surface area contributed by atoms with Gasteiger partial charge in [0.15, 0.2) is 0 Å². The third kappa shape index (κ3) is 4.00. The Morgan fingerprint density at radius 3 is 2.67 bits per heavy atom. The van der Waals surface area contributed by atoms with E-state index in [0.717, 1.165) is 12.5 Å². The van der Waals surface area contributed by atoms with Gasteiger partial charge in [-0.2, -0.15) is 0 Å². The standard InChI is InChI=1S/C13H18FNO3/c1-3-4-17-5-6-18-13(16)10-7-11(14)9(2)12(15)8-10/h7-8H,3-6,15H2,1-2H3. The number of nitrogens with two attached hydrogens (primary N) is 1. The molecule has 1 rings (SSSR count). The summed E-state index contributed by atoms with van der Waals surface area (Å²) in [6.07, 6.45) is 0.910. The largest absolute Gasteiger partial charge is 0.460 e. The highest BCUT2D eigenvalue weighted by Crippen LogP contribution is 2.18. The van der Waals surface area contributed by atoms with Crippen LogP contribution in [0.4, 0.5) is 10.1 Å². The molecule has 0 aromatic heterocycles. The van der Waals surface area contributed by atoms with Gasteiger partial charge in [0.2, 0.25) is 0 Å². The predicted molar refractivity (Wildman–Crippen MR) is 66.9 cm³/mol. The van der Waals surface area contributed by atoms with Crippen molar-refractivity contribution in [2.75, 3.05) is 25.6 Å². The average Bonchev–Trinajstić information content (AvgIpc) is 2.34. The maximum absolute atomic E-state index is 13.4. The van der Waals surface area contributed by atoms with E-state index in [1.807, 2.05) is 6.92 Å². The van der Waals surface area contributed by atoms with Crippen LogP contribution in [-0.2, 0) is 9.47 Å². The third-order valence-electron chi connectivity index (χ3n) is 2.43. The van der Waals surface area contributed by atoms with E-state index in [2.05, 4.69) is 0 Å². The molecule has 0 atom stereocenters. The van der Waals surface area contributed by atoms with E-state index in [4.69, 9.17) is 15.2 Å². The second kappa shape index (κ2) is 6.96. The van der Waals surface area contributed by atoms with Crippen molar-refractivity contribution in [3.63, 3.8) is 0 Å². The molecule has 0 amide bonds. The smallest absolute Gasteiger partial charge is 0.338 e. The zero-order valence-electron chi connectivity index (χ0n) is 10.7. The summed E-state index contributed by atoms with van der Waals surface area (Å²) in [5.74, 6) is -1.11. The molecule has 18 heavy (non-hydrogen) atoms. The first kappa shape index (κ1) is 14.4. The third-order valence-corrected chi connectivity index (χ3v) is 2.43. The SMILES string of the molecule is CCCOCCOC(=O)c1cc(N)c(C)c(F)c1. The van der Waals surface area contributed by atoms with Crippen LogP contribution in [0, 0.1) is 12.7 Å². The number of anilines is 1. The topological polar surface area (TPSA) is 61.5 Å². The van der Waals surface area contributed by atoms with Crippen LogP contribution in [0.25, 0.3) is 0 Å². The maximum Gasteiger partial charge on any atom is 0.338 e. The summed E-state index contributed by atoms with van der Waals surface area (Å²) in [4.78, 5) is 11.6. The Kier molecular flexibility index (Phi) is 5.58. The van der Waals surface area contributed by atoms with Crippen molar-refractivity contribution in [1.29, 1.82) is 0 Å². The maximum atomic E-state index is 13.4. The molecule has 0 aliphatic heterocycles. The molecule has 0 fully saturated rings. The number of nitrogen functional groups attached to an aromatic ring is 1. The Labute approximate surface area is 106 Å². The van der Waals surface area contributed by atoms with Gasteiger partial charge < -0.3 is 15.2 Å². The number of hydrogen-bond acceptors (Lipinski definition) is 4. The highest BCUT2D eigenvalue weighted by molar-refractivity contribution is 5.90. The molecule has 1 aromatic carbocycles. The van der Waals surface area contributed by atoms with E-state index in [1.54, 1.807) is 6.92 Å². The summed E-state index contributed by atoms with van der Waals surface area (Å²) in [6.45, 7) is 4.66. The van der Waals surface area contributed by atoms with Crippen molar-refractivity contribution < 1.29 is 18.7 Å². The fraction of sp³-hybridized carbons (Fsp3) is 0.462. The van der Waals surface area contributed by atoms with E-state index in [1.165, 1.54) is 6.07 Å². The second-order valence-corrected chi connectivity index (χ2v) is 3.92. The number of esters is 1. The number of hydrogen-bond donors (Lipinski definition) is 1. The molecule has 0 heterocycles. The molecule has 0 unspecified atom stereocenters. The van der Waals surface area contributed by atoms with E-state index in [9.17, 15) is 9.18 Å². The Morgan fingerprint density at radius 2 is 2.06 bits per heavy atom. The zero-order valence-corrected chi connectivity index (χ0v) is 10.7. The van der Waals surface area contributed by atoms with E-state index >= 15 is 0 Å². The van der Waals surface area contributed by atoms with Crippen LogP contribution < -0.4 is 5.73 Å². The van der Waals surface area contributed by atoms with Gasteiger partial charge in [0.1, 0.15) is 12.4 Å². The van der Waals surface area contributed by atoms with Gasteiger partial charge in [-0.25, -0.2) is 9.18 Å². The number of rotatable bonds is 6. The normalized spacial score (nSPS) is 10.4. The van der Waals surface area contributed by atoms with Crippen LogP contribution in [0.5, 0.6) is 0 Å². The molecule has 0 saturated carbocycles. The Bertz CT molecular complexity index is 398. The van der Waals surface area contributed by atoms with Crippen LogP contribution in [0.1, 0.15) is 29.3 Å². The molecule has 0 saturated heterocycles. The highest BCUT2D eigenvalue weighted by atomic mass is 19.1. The number of carbonyl (C=O) groups is 1. The molecule has 0 spiro atoms. The summed E-state index contributed by atoms with van der Waals surface area (Å²) in [5, 5.41) is 0. The van der Waals surface area contributed by atoms with Crippen molar-refractivity contribution in [3.8, 4) is 0 Å². The van der Waals surface area contributed by atoms with E-state index in [-0.39, 0.29) is 17.9 Å². The Hall–Kier alpha value is -1.62. The first-order chi connectivity index (χ1) is 8.56. The lowest BCUT2D eigenvalue weighted by Crippen LogP contribution is -2.12. The monoisotopic (exact) mass is 255 g/mol. The van der Waals surface area contributed by atoms with Gasteiger partial charge >= 0.3 is 5.97 Å². The summed E-state index contributed by atoms with van der Waals surface area (Å²) in [7, 11) is 0. The van der Waals surface area contributed by atoms with Crippen molar-refractivity contribution >= 4 is 11.7 Å². The van der Waals surface area contributed by atoms with Crippen LogP contribution in [0.3, 0.4) is 0 Å². The molecule has 0 aliphatic rings. The minimum atomic E-state index is -0.597. The molecule has 1 aromatic rings. The average molecular weight is 255 g/mol. The lowest BCUT2D eigenvalue weighted by molar-refractivity contribution is 0.0318. The molecule has 0 aliphatic carbocycles. The first-order valence-corrected chi connectivity index (χ1v) is 5.86. The molecule has 100 valence electrons. The molecule has 0 radical (unpaired) electrons. The van der Waals surface area contributed by atoms with Crippen LogP contribution in [-0.4, -0.2) is 25.8 Å². The lowest BCUT2D eigenvalue weighted by atomic mass is 10.1.